The fourth-order valence-corrected chi connectivity index (χ4v) is 2.85. The summed E-state index contributed by atoms with van der Waals surface area (Å²) in [6.07, 6.45) is 1.16. The Morgan fingerprint density at radius 1 is 1.24 bits per heavy atom. The summed E-state index contributed by atoms with van der Waals surface area (Å²) >= 11 is 0. The number of likely N-dealkylation sites (tertiary alicyclic amines) is 1. The molecule has 7 nitrogen and oxygen atoms in total. The third kappa shape index (κ3) is 5.48. The van der Waals surface area contributed by atoms with Gasteiger partial charge in [0.15, 0.2) is 5.96 Å². The molecule has 0 spiro atoms. The summed E-state index contributed by atoms with van der Waals surface area (Å²) in [5.41, 5.74) is 6.88. The van der Waals surface area contributed by atoms with Crippen molar-refractivity contribution in [3.05, 3.63) is 35.4 Å². The molecule has 0 saturated carbocycles. The Hall–Kier alpha value is -2.57. The van der Waals surface area contributed by atoms with E-state index in [0.717, 1.165) is 31.0 Å². The second-order valence-electron chi connectivity index (χ2n) is 7.08. The minimum Gasteiger partial charge on any atom is -0.368 e. The van der Waals surface area contributed by atoms with Gasteiger partial charge >= 0.3 is 0 Å². The van der Waals surface area contributed by atoms with Crippen LogP contribution in [0.25, 0.3) is 0 Å². The topological polar surface area (TPSA) is 99.8 Å². The van der Waals surface area contributed by atoms with Crippen LogP contribution in [-0.2, 0) is 11.3 Å². The number of nitrogens with zero attached hydrogens (tertiary/aromatic N) is 2. The highest BCUT2D eigenvalue weighted by atomic mass is 16.2. The van der Waals surface area contributed by atoms with Gasteiger partial charge in [-0.1, -0.05) is 26.0 Å². The van der Waals surface area contributed by atoms with E-state index in [1.807, 2.05) is 12.1 Å². The highest BCUT2D eigenvalue weighted by Crippen LogP contribution is 2.28. The molecule has 0 aliphatic carbocycles. The lowest BCUT2D eigenvalue weighted by molar-refractivity contribution is -0.117. The van der Waals surface area contributed by atoms with Gasteiger partial charge in [0.1, 0.15) is 0 Å². The molecular formula is C18H27N5O2. The smallest absolute Gasteiger partial charge is 0.251 e. The van der Waals surface area contributed by atoms with Crippen LogP contribution in [0, 0.1) is 5.41 Å². The van der Waals surface area contributed by atoms with Gasteiger partial charge in [-0.25, -0.2) is 0 Å². The van der Waals surface area contributed by atoms with E-state index in [-0.39, 0.29) is 12.5 Å². The molecule has 0 radical (unpaired) electrons. The van der Waals surface area contributed by atoms with Gasteiger partial charge in [-0.2, -0.15) is 0 Å². The Balaban J connectivity index is 1.88. The zero-order chi connectivity index (χ0) is 18.4. The van der Waals surface area contributed by atoms with E-state index in [2.05, 4.69) is 34.4 Å². The first kappa shape index (κ1) is 18.8. The molecule has 1 aliphatic heterocycles. The molecule has 1 aromatic carbocycles. The minimum absolute atomic E-state index is 0.162. The quantitative estimate of drug-likeness (QED) is 0.540. The van der Waals surface area contributed by atoms with Crippen molar-refractivity contribution in [1.29, 1.82) is 0 Å². The molecule has 0 aromatic heterocycles. The number of hydrogen-bond donors (Lipinski definition) is 3. The Morgan fingerprint density at radius 2 is 1.92 bits per heavy atom. The fourth-order valence-electron chi connectivity index (χ4n) is 2.85. The molecule has 7 heteroatoms. The van der Waals surface area contributed by atoms with Gasteiger partial charge in [0, 0.05) is 32.2 Å². The van der Waals surface area contributed by atoms with Crippen LogP contribution >= 0.6 is 0 Å². The van der Waals surface area contributed by atoms with Gasteiger partial charge in [0.05, 0.1) is 6.54 Å². The molecule has 1 fully saturated rings. The normalized spacial score (nSPS) is 16.6. The molecule has 1 saturated heterocycles. The van der Waals surface area contributed by atoms with E-state index in [0.29, 0.717) is 17.5 Å². The number of primary amides is 1. The Bertz CT molecular complexity index is 652. The van der Waals surface area contributed by atoms with E-state index in [1.54, 1.807) is 19.2 Å². The van der Waals surface area contributed by atoms with Crippen LogP contribution in [0.3, 0.4) is 0 Å². The Labute approximate surface area is 148 Å². The number of nitrogens with one attached hydrogen (secondary N) is 2. The monoisotopic (exact) mass is 345 g/mol. The van der Waals surface area contributed by atoms with Gasteiger partial charge < -0.3 is 21.3 Å². The van der Waals surface area contributed by atoms with Gasteiger partial charge in [0.2, 0.25) is 5.91 Å². The number of hydrogen-bond acceptors (Lipinski definition) is 3. The standard InChI is InChI=1S/C18H27N5O2/c1-18(2)8-9-23(12-18)17(20-3)22-10-13-4-6-14(7-5-13)16(25)21-11-15(19)24/h4-7H,8-12H2,1-3H3,(H2,19,24)(H,20,22)(H,21,25). The van der Waals surface area contributed by atoms with Gasteiger partial charge in [-0.3, -0.25) is 14.6 Å². The first-order valence-electron chi connectivity index (χ1n) is 8.42. The van der Waals surface area contributed by atoms with Crippen molar-refractivity contribution >= 4 is 17.8 Å². The van der Waals surface area contributed by atoms with Crippen LogP contribution in [0.2, 0.25) is 0 Å². The van der Waals surface area contributed by atoms with Crippen molar-refractivity contribution in [2.75, 3.05) is 26.7 Å². The van der Waals surface area contributed by atoms with Gasteiger partial charge in [-0.15, -0.1) is 0 Å². The molecule has 25 heavy (non-hydrogen) atoms. The van der Waals surface area contributed by atoms with E-state index in [1.165, 1.54) is 0 Å². The maximum atomic E-state index is 11.8. The van der Waals surface area contributed by atoms with E-state index in [9.17, 15) is 9.59 Å². The zero-order valence-corrected chi connectivity index (χ0v) is 15.1. The number of nitrogens with two attached hydrogens (primary N) is 1. The average molecular weight is 345 g/mol. The van der Waals surface area contributed by atoms with E-state index >= 15 is 0 Å². The van der Waals surface area contributed by atoms with Crippen LogP contribution in [0.4, 0.5) is 0 Å². The first-order valence-corrected chi connectivity index (χ1v) is 8.42. The summed E-state index contributed by atoms with van der Waals surface area (Å²) in [4.78, 5) is 29.2. The summed E-state index contributed by atoms with van der Waals surface area (Å²) in [5.74, 6) is 0.0212. The predicted molar refractivity (Wildman–Crippen MR) is 98.1 cm³/mol. The summed E-state index contributed by atoms with van der Waals surface area (Å²) in [7, 11) is 1.79. The van der Waals surface area contributed by atoms with Gasteiger partial charge in [0.25, 0.3) is 5.91 Å². The van der Waals surface area contributed by atoms with Crippen molar-refractivity contribution in [2.24, 2.45) is 16.1 Å². The minimum atomic E-state index is -0.564. The second kappa shape index (κ2) is 8.00. The number of aliphatic imine (C=N–C) groups is 1. The largest absolute Gasteiger partial charge is 0.368 e. The lowest BCUT2D eigenvalue weighted by Gasteiger charge is -2.23. The summed E-state index contributed by atoms with van der Waals surface area (Å²) in [5, 5.41) is 5.84. The summed E-state index contributed by atoms with van der Waals surface area (Å²) < 4.78 is 0. The number of rotatable bonds is 5. The highest BCUT2D eigenvalue weighted by Gasteiger charge is 2.30. The molecule has 2 amide bonds. The van der Waals surface area contributed by atoms with Crippen molar-refractivity contribution in [2.45, 2.75) is 26.8 Å². The molecule has 0 bridgehead atoms. The van der Waals surface area contributed by atoms with Crippen LogP contribution in [0.1, 0.15) is 36.2 Å². The van der Waals surface area contributed by atoms with Crippen molar-refractivity contribution in [1.82, 2.24) is 15.5 Å². The van der Waals surface area contributed by atoms with Crippen LogP contribution in [0.5, 0.6) is 0 Å². The first-order chi connectivity index (χ1) is 11.8. The SMILES string of the molecule is CN=C(NCc1ccc(C(=O)NCC(N)=O)cc1)N1CCC(C)(C)C1. The molecule has 1 aromatic rings. The maximum absolute atomic E-state index is 11.8. The molecular weight excluding hydrogens is 318 g/mol. The summed E-state index contributed by atoms with van der Waals surface area (Å²) in [6, 6.07) is 7.23. The fraction of sp³-hybridized carbons (Fsp3) is 0.500. The van der Waals surface area contributed by atoms with Crippen LogP contribution < -0.4 is 16.4 Å². The third-order valence-electron chi connectivity index (χ3n) is 4.28. The van der Waals surface area contributed by atoms with Crippen molar-refractivity contribution < 1.29 is 9.59 Å². The van der Waals surface area contributed by atoms with Crippen molar-refractivity contribution in [3.63, 3.8) is 0 Å². The maximum Gasteiger partial charge on any atom is 0.251 e. The molecule has 4 N–H and O–H groups in total. The molecule has 1 aliphatic rings. The number of guanidine groups is 1. The second-order valence-corrected chi connectivity index (χ2v) is 7.08. The Morgan fingerprint density at radius 3 is 2.44 bits per heavy atom. The van der Waals surface area contributed by atoms with Gasteiger partial charge in [-0.05, 0) is 29.5 Å². The lowest BCUT2D eigenvalue weighted by Crippen LogP contribution is -2.40. The van der Waals surface area contributed by atoms with Crippen molar-refractivity contribution in [3.8, 4) is 0 Å². The lowest BCUT2D eigenvalue weighted by atomic mass is 9.93. The molecule has 0 unspecified atom stereocenters. The Kier molecular flexibility index (Phi) is 6.01. The van der Waals surface area contributed by atoms with E-state index < -0.39 is 5.91 Å². The third-order valence-corrected chi connectivity index (χ3v) is 4.28. The van der Waals surface area contributed by atoms with Crippen LogP contribution in [-0.4, -0.2) is 49.4 Å². The van der Waals surface area contributed by atoms with Crippen LogP contribution in [0.15, 0.2) is 29.3 Å². The number of carbonyl (C=O) groups excluding carboxylic acids is 2. The predicted octanol–water partition coefficient (Wildman–Crippen LogP) is 0.709. The number of amides is 2. The highest BCUT2D eigenvalue weighted by molar-refractivity contribution is 5.96. The molecule has 1 heterocycles. The molecule has 2 rings (SSSR count). The average Bonchev–Trinajstić information content (AvgIpc) is 2.93. The summed E-state index contributed by atoms with van der Waals surface area (Å²) in [6.45, 7) is 7.00. The number of benzene rings is 1. The van der Waals surface area contributed by atoms with E-state index in [4.69, 9.17) is 5.73 Å². The molecule has 0 atom stereocenters. The molecule has 136 valence electrons. The zero-order valence-electron chi connectivity index (χ0n) is 15.1. The number of carbonyl (C=O) groups is 2.